The van der Waals surface area contributed by atoms with E-state index in [1.165, 1.54) is 0 Å². The molecule has 0 atom stereocenters. The normalized spacial score (nSPS) is 10.9. The summed E-state index contributed by atoms with van der Waals surface area (Å²) in [6.07, 6.45) is 6.94. The van der Waals surface area contributed by atoms with Gasteiger partial charge in [-0.2, -0.15) is 0 Å². The Morgan fingerprint density at radius 3 is 2.52 bits per heavy atom. The molecule has 0 aliphatic heterocycles. The largest absolute Gasteiger partial charge is 0.300 e. The molecule has 0 saturated heterocycles. The van der Waals surface area contributed by atoms with Crippen molar-refractivity contribution in [2.24, 2.45) is 0 Å². The lowest BCUT2D eigenvalue weighted by Crippen LogP contribution is -2.03. The lowest BCUT2D eigenvalue weighted by molar-refractivity contribution is -0.118. The number of unbranched alkanes of at least 4 members (excludes halogenated alkanes) is 2. The number of carbonyl (C=O) groups is 2. The minimum Gasteiger partial charge on any atom is -0.300 e. The molecule has 2 aromatic rings. The van der Waals surface area contributed by atoms with Crippen LogP contribution in [0.4, 0.5) is 0 Å². The molecule has 2 aromatic heterocycles. The summed E-state index contributed by atoms with van der Waals surface area (Å²) < 4.78 is 0. The van der Waals surface area contributed by atoms with Crippen LogP contribution >= 0.6 is 22.7 Å². The van der Waals surface area contributed by atoms with Crippen molar-refractivity contribution >= 4 is 34.2 Å². The molecule has 0 radical (unpaired) electrons. The predicted molar refractivity (Wildman–Crippen MR) is 95.3 cm³/mol. The number of ketones is 2. The van der Waals surface area contributed by atoms with E-state index in [1.54, 1.807) is 28.9 Å². The first-order valence-corrected chi connectivity index (χ1v) is 9.79. The zero-order chi connectivity index (χ0) is 16.7. The predicted octanol–water partition coefficient (Wildman–Crippen LogP) is 4.94. The molecule has 0 bridgehead atoms. The fourth-order valence-corrected chi connectivity index (χ4v) is 4.01. The maximum absolute atomic E-state index is 12.4. The molecule has 0 N–H and O–H groups in total. The summed E-state index contributed by atoms with van der Waals surface area (Å²) in [5, 5.41) is 3.64. The van der Waals surface area contributed by atoms with Gasteiger partial charge in [-0.05, 0) is 19.3 Å². The van der Waals surface area contributed by atoms with Crippen LogP contribution < -0.4 is 0 Å². The lowest BCUT2D eigenvalue weighted by atomic mass is 10.1. The molecule has 23 heavy (non-hydrogen) atoms. The van der Waals surface area contributed by atoms with Crippen LogP contribution in [0.1, 0.15) is 67.7 Å². The van der Waals surface area contributed by atoms with Gasteiger partial charge in [0, 0.05) is 35.7 Å². The van der Waals surface area contributed by atoms with Gasteiger partial charge in [-0.25, -0.2) is 9.97 Å². The van der Waals surface area contributed by atoms with E-state index in [1.807, 2.05) is 19.2 Å². The van der Waals surface area contributed by atoms with Crippen molar-refractivity contribution in [2.75, 3.05) is 0 Å². The summed E-state index contributed by atoms with van der Waals surface area (Å²) in [5.41, 5.74) is 0.618. The summed E-state index contributed by atoms with van der Waals surface area (Å²) in [5.74, 6) is 0.417. The van der Waals surface area contributed by atoms with Crippen LogP contribution in [0.25, 0.3) is 10.0 Å². The molecule has 0 amide bonds. The zero-order valence-electron chi connectivity index (χ0n) is 13.6. The van der Waals surface area contributed by atoms with Crippen molar-refractivity contribution in [3.05, 3.63) is 22.1 Å². The van der Waals surface area contributed by atoms with Gasteiger partial charge in [-0.3, -0.25) is 9.59 Å². The first kappa shape index (κ1) is 17.9. The van der Waals surface area contributed by atoms with Crippen molar-refractivity contribution in [2.45, 2.75) is 58.8 Å². The number of nitrogens with zero attached hydrogens (tertiary/aromatic N) is 2. The average molecular weight is 351 g/mol. The van der Waals surface area contributed by atoms with Crippen molar-refractivity contribution in [1.82, 2.24) is 9.97 Å². The van der Waals surface area contributed by atoms with Gasteiger partial charge < -0.3 is 0 Å². The molecule has 2 heterocycles. The van der Waals surface area contributed by atoms with Crippen molar-refractivity contribution in [3.8, 4) is 10.0 Å². The van der Waals surface area contributed by atoms with Crippen LogP contribution in [0.2, 0.25) is 0 Å². The highest BCUT2D eigenvalue weighted by atomic mass is 32.1. The van der Waals surface area contributed by atoms with Gasteiger partial charge in [-0.1, -0.05) is 20.3 Å². The summed E-state index contributed by atoms with van der Waals surface area (Å²) >= 11 is 3.11. The van der Waals surface area contributed by atoms with Crippen LogP contribution in [0.5, 0.6) is 0 Å². The van der Waals surface area contributed by atoms with Crippen molar-refractivity contribution in [3.63, 3.8) is 0 Å². The highest BCUT2D eigenvalue weighted by Crippen LogP contribution is 2.30. The quantitative estimate of drug-likeness (QED) is 0.450. The molecular formula is C17H22N2O2S2. The molecule has 0 aromatic carbocycles. The Bertz CT molecular complexity index is 648. The molecule has 0 spiro atoms. The number of aromatic nitrogens is 2. The number of carbonyl (C=O) groups excluding carboxylic acids is 2. The zero-order valence-corrected chi connectivity index (χ0v) is 15.3. The van der Waals surface area contributed by atoms with Gasteiger partial charge in [0.2, 0.25) is 0 Å². The second kappa shape index (κ2) is 9.03. The Kier molecular flexibility index (Phi) is 7.05. The third-order valence-corrected chi connectivity index (χ3v) is 5.77. The maximum Gasteiger partial charge on any atom is 0.182 e. The fourth-order valence-electron chi connectivity index (χ4n) is 2.31. The van der Waals surface area contributed by atoms with E-state index >= 15 is 0 Å². The fraction of sp³-hybridized carbons (Fsp3) is 0.529. The minimum absolute atomic E-state index is 0.114. The van der Waals surface area contributed by atoms with Gasteiger partial charge in [0.1, 0.15) is 11.5 Å². The van der Waals surface area contributed by atoms with E-state index in [9.17, 15) is 9.59 Å². The summed E-state index contributed by atoms with van der Waals surface area (Å²) in [4.78, 5) is 33.5. The van der Waals surface area contributed by atoms with E-state index in [0.29, 0.717) is 30.7 Å². The highest BCUT2D eigenvalue weighted by molar-refractivity contribution is 7.20. The number of thiazole rings is 2. The van der Waals surface area contributed by atoms with E-state index < -0.39 is 0 Å². The smallest absolute Gasteiger partial charge is 0.182 e. The molecule has 0 fully saturated rings. The van der Waals surface area contributed by atoms with Crippen LogP contribution in [-0.2, 0) is 11.2 Å². The Hall–Kier alpha value is -1.40. The molecular weight excluding hydrogens is 328 g/mol. The van der Waals surface area contributed by atoms with Crippen LogP contribution in [0.15, 0.2) is 11.6 Å². The summed E-state index contributed by atoms with van der Waals surface area (Å²) in [6, 6.07) is 0. The topological polar surface area (TPSA) is 59.9 Å². The first-order chi connectivity index (χ1) is 11.2. The average Bonchev–Trinajstić information content (AvgIpc) is 3.22. The Labute approximate surface area is 145 Å². The third kappa shape index (κ3) is 5.04. The first-order valence-electron chi connectivity index (χ1n) is 8.10. The highest BCUT2D eigenvalue weighted by Gasteiger charge is 2.18. The Morgan fingerprint density at radius 2 is 1.87 bits per heavy atom. The SMILES string of the molecule is CCC(=O)CCCCCC(=O)c1nc(-c2nccs2)sc1CC. The summed E-state index contributed by atoms with van der Waals surface area (Å²) in [7, 11) is 0. The Morgan fingerprint density at radius 1 is 1.09 bits per heavy atom. The monoisotopic (exact) mass is 350 g/mol. The van der Waals surface area contributed by atoms with E-state index in [4.69, 9.17) is 0 Å². The van der Waals surface area contributed by atoms with Crippen LogP contribution in [0.3, 0.4) is 0 Å². The van der Waals surface area contributed by atoms with Gasteiger partial charge in [0.05, 0.1) is 0 Å². The second-order valence-electron chi connectivity index (χ2n) is 5.36. The van der Waals surface area contributed by atoms with E-state index in [2.05, 4.69) is 9.97 Å². The molecule has 0 aliphatic rings. The van der Waals surface area contributed by atoms with Crippen LogP contribution in [-0.4, -0.2) is 21.5 Å². The molecule has 0 saturated carbocycles. The number of rotatable bonds is 10. The number of hydrogen-bond donors (Lipinski definition) is 0. The molecule has 6 heteroatoms. The van der Waals surface area contributed by atoms with Gasteiger partial charge >= 0.3 is 0 Å². The molecule has 0 aliphatic carbocycles. The maximum atomic E-state index is 12.4. The Balaban J connectivity index is 1.90. The number of Topliss-reactive ketones (excluding diaryl/α,β-unsaturated/α-hetero) is 2. The second-order valence-corrected chi connectivity index (χ2v) is 7.34. The van der Waals surface area contributed by atoms with Crippen LogP contribution in [0, 0.1) is 0 Å². The van der Waals surface area contributed by atoms with Gasteiger partial charge in [0.25, 0.3) is 0 Å². The van der Waals surface area contributed by atoms with E-state index in [-0.39, 0.29) is 5.78 Å². The molecule has 124 valence electrons. The summed E-state index contributed by atoms with van der Waals surface area (Å²) in [6.45, 7) is 3.94. The van der Waals surface area contributed by atoms with Gasteiger partial charge in [-0.15, -0.1) is 22.7 Å². The van der Waals surface area contributed by atoms with Crippen molar-refractivity contribution < 1.29 is 9.59 Å². The molecule has 4 nitrogen and oxygen atoms in total. The van der Waals surface area contributed by atoms with E-state index in [0.717, 1.165) is 40.6 Å². The van der Waals surface area contributed by atoms with Gasteiger partial charge in [0.15, 0.2) is 15.8 Å². The van der Waals surface area contributed by atoms with Crippen molar-refractivity contribution in [1.29, 1.82) is 0 Å². The lowest BCUT2D eigenvalue weighted by Gasteiger charge is -2.01. The molecule has 2 rings (SSSR count). The minimum atomic E-state index is 0.114. The molecule has 0 unspecified atom stereocenters. The number of aryl methyl sites for hydroxylation is 1. The third-order valence-electron chi connectivity index (χ3n) is 3.65. The standard InChI is InChI=1S/C17H22N2O2S2/c1-3-12(20)8-6-5-7-9-13(21)15-14(4-2)23-17(19-15)16-18-10-11-22-16/h10-11H,3-9H2,1-2H3. The number of hydrogen-bond acceptors (Lipinski definition) is 6.